The molecule has 0 aliphatic carbocycles. The molecule has 6 nitrogen and oxygen atoms in total. The van der Waals surface area contributed by atoms with Crippen LogP contribution in [0.4, 0.5) is 0 Å². The lowest BCUT2D eigenvalue weighted by Gasteiger charge is -2.23. The molecule has 0 atom stereocenters. The average Bonchev–Trinajstić information content (AvgIpc) is 2.98. The normalized spacial score (nSPS) is 12.8. The van der Waals surface area contributed by atoms with Crippen LogP contribution in [-0.2, 0) is 22.1 Å². The minimum absolute atomic E-state index is 0.164. The van der Waals surface area contributed by atoms with E-state index in [1.165, 1.54) is 11.3 Å². The summed E-state index contributed by atoms with van der Waals surface area (Å²) in [6, 6.07) is 1.55. The molecule has 8 heteroatoms. The van der Waals surface area contributed by atoms with Crippen molar-refractivity contribution in [1.82, 2.24) is 15.0 Å². The third kappa shape index (κ3) is 3.52. The molecule has 0 aliphatic heterocycles. The molecular weight excluding hydrogens is 310 g/mol. The Morgan fingerprint density at radius 1 is 1.43 bits per heavy atom. The van der Waals surface area contributed by atoms with E-state index in [0.717, 1.165) is 0 Å². The summed E-state index contributed by atoms with van der Waals surface area (Å²) in [6.45, 7) is 5.69. The zero-order valence-corrected chi connectivity index (χ0v) is 14.1. The predicted molar refractivity (Wildman–Crippen MR) is 81.7 cm³/mol. The fourth-order valence-electron chi connectivity index (χ4n) is 2.02. The molecule has 2 heterocycles. The van der Waals surface area contributed by atoms with Gasteiger partial charge in [-0.2, -0.15) is 4.72 Å². The maximum absolute atomic E-state index is 12.6. The fraction of sp³-hybridized carbons (Fsp3) is 0.462. The summed E-state index contributed by atoms with van der Waals surface area (Å²) in [7, 11) is -1.90. The molecule has 2 rings (SSSR count). The van der Waals surface area contributed by atoms with Crippen LogP contribution in [0.1, 0.15) is 30.4 Å². The van der Waals surface area contributed by atoms with E-state index in [9.17, 15) is 8.42 Å². The molecule has 2 N–H and O–H groups in total. The van der Waals surface area contributed by atoms with E-state index in [4.69, 9.17) is 4.42 Å². The first kappa shape index (κ1) is 16.2. The van der Waals surface area contributed by atoms with Crippen molar-refractivity contribution in [2.24, 2.45) is 0 Å². The highest BCUT2D eigenvalue weighted by Crippen LogP contribution is 2.27. The molecule has 0 amide bonds. The lowest BCUT2D eigenvalue weighted by atomic mass is 10.1. The minimum Gasteiger partial charge on any atom is -0.464 e. The van der Waals surface area contributed by atoms with Crippen molar-refractivity contribution in [3.8, 4) is 0 Å². The molecule has 0 radical (unpaired) electrons. The fourth-order valence-corrected chi connectivity index (χ4v) is 4.39. The van der Waals surface area contributed by atoms with E-state index in [2.05, 4.69) is 15.0 Å². The van der Waals surface area contributed by atoms with Gasteiger partial charge in [-0.15, -0.1) is 11.3 Å². The Balaban J connectivity index is 2.30. The number of rotatable bonds is 6. The molecule has 0 bridgehead atoms. The van der Waals surface area contributed by atoms with Gasteiger partial charge in [0.15, 0.2) is 0 Å². The van der Waals surface area contributed by atoms with Crippen molar-refractivity contribution in [1.29, 1.82) is 0 Å². The number of aryl methyl sites for hydroxylation is 1. The van der Waals surface area contributed by atoms with Gasteiger partial charge in [-0.3, -0.25) is 0 Å². The topological polar surface area (TPSA) is 84.2 Å². The van der Waals surface area contributed by atoms with E-state index >= 15 is 0 Å². The van der Waals surface area contributed by atoms with Gasteiger partial charge < -0.3 is 9.73 Å². The largest absolute Gasteiger partial charge is 0.464 e. The molecule has 0 aliphatic rings. The standard InChI is InChI=1S/C13H19N3O3S2/c1-9-11(7-10(19-9)8-14-4)21(17,18)16-13(2,3)12-15-5-6-20-12/h5-7,14,16H,8H2,1-4H3. The van der Waals surface area contributed by atoms with Gasteiger partial charge in [0.25, 0.3) is 0 Å². The van der Waals surface area contributed by atoms with Crippen LogP contribution < -0.4 is 10.0 Å². The zero-order valence-electron chi connectivity index (χ0n) is 12.4. The number of sulfonamides is 1. The summed E-state index contributed by atoms with van der Waals surface area (Å²) >= 11 is 1.41. The first-order valence-corrected chi connectivity index (χ1v) is 8.80. The maximum Gasteiger partial charge on any atom is 0.244 e. The summed E-state index contributed by atoms with van der Waals surface area (Å²) in [6.07, 6.45) is 1.66. The second-order valence-electron chi connectivity index (χ2n) is 5.23. The van der Waals surface area contributed by atoms with Crippen molar-refractivity contribution < 1.29 is 12.8 Å². The van der Waals surface area contributed by atoms with Crippen LogP contribution in [0.2, 0.25) is 0 Å². The summed E-state index contributed by atoms with van der Waals surface area (Å²) in [5.41, 5.74) is -0.778. The molecule has 0 unspecified atom stereocenters. The Morgan fingerprint density at radius 3 is 2.71 bits per heavy atom. The number of aromatic nitrogens is 1. The molecule has 0 saturated carbocycles. The van der Waals surface area contributed by atoms with Gasteiger partial charge >= 0.3 is 0 Å². The average molecular weight is 329 g/mol. The summed E-state index contributed by atoms with van der Waals surface area (Å²) in [4.78, 5) is 4.35. The van der Waals surface area contributed by atoms with E-state index < -0.39 is 15.6 Å². The van der Waals surface area contributed by atoms with Crippen molar-refractivity contribution in [2.75, 3.05) is 7.05 Å². The number of nitrogens with zero attached hydrogens (tertiary/aromatic N) is 1. The lowest BCUT2D eigenvalue weighted by Crippen LogP contribution is -2.40. The highest BCUT2D eigenvalue weighted by Gasteiger charge is 2.32. The lowest BCUT2D eigenvalue weighted by molar-refractivity contribution is 0.458. The van der Waals surface area contributed by atoms with Gasteiger partial charge in [0.05, 0.1) is 12.1 Å². The summed E-state index contributed by atoms with van der Waals surface area (Å²) in [5.74, 6) is 0.963. The van der Waals surface area contributed by atoms with Crippen LogP contribution in [0.5, 0.6) is 0 Å². The van der Waals surface area contributed by atoms with Crippen molar-refractivity contribution in [3.05, 3.63) is 34.2 Å². The van der Waals surface area contributed by atoms with Gasteiger partial charge in [-0.05, 0) is 27.8 Å². The molecule has 0 saturated heterocycles. The minimum atomic E-state index is -3.68. The first-order chi connectivity index (χ1) is 9.76. The second kappa shape index (κ2) is 5.88. The van der Waals surface area contributed by atoms with E-state index in [1.807, 2.05) is 5.38 Å². The number of nitrogens with one attached hydrogen (secondary N) is 2. The van der Waals surface area contributed by atoms with Crippen molar-refractivity contribution in [2.45, 2.75) is 37.8 Å². The second-order valence-corrected chi connectivity index (χ2v) is 7.78. The highest BCUT2D eigenvalue weighted by atomic mass is 32.2. The van der Waals surface area contributed by atoms with Crippen LogP contribution in [0, 0.1) is 6.92 Å². The molecule has 21 heavy (non-hydrogen) atoms. The maximum atomic E-state index is 12.6. The smallest absolute Gasteiger partial charge is 0.244 e. The van der Waals surface area contributed by atoms with E-state index in [1.54, 1.807) is 40.1 Å². The highest BCUT2D eigenvalue weighted by molar-refractivity contribution is 7.89. The third-order valence-electron chi connectivity index (χ3n) is 2.92. The number of hydrogen-bond donors (Lipinski definition) is 2. The third-order valence-corrected chi connectivity index (χ3v) is 5.78. The van der Waals surface area contributed by atoms with Crippen LogP contribution in [0.25, 0.3) is 0 Å². The molecule has 2 aromatic heterocycles. The van der Waals surface area contributed by atoms with Gasteiger partial charge in [-0.1, -0.05) is 0 Å². The molecule has 116 valence electrons. The van der Waals surface area contributed by atoms with Crippen LogP contribution >= 0.6 is 11.3 Å². The van der Waals surface area contributed by atoms with E-state index in [-0.39, 0.29) is 4.90 Å². The van der Waals surface area contributed by atoms with Gasteiger partial charge in [0.2, 0.25) is 10.0 Å². The first-order valence-electron chi connectivity index (χ1n) is 6.44. The van der Waals surface area contributed by atoms with E-state index in [0.29, 0.717) is 23.1 Å². The molecule has 0 spiro atoms. The number of hydrogen-bond acceptors (Lipinski definition) is 6. The quantitative estimate of drug-likeness (QED) is 0.846. The predicted octanol–water partition coefficient (Wildman–Crippen LogP) is 1.98. The SMILES string of the molecule is CNCc1cc(S(=O)(=O)NC(C)(C)c2nccs2)c(C)o1. The Kier molecular flexibility index (Phi) is 4.52. The van der Waals surface area contributed by atoms with Crippen LogP contribution in [0.15, 0.2) is 27.0 Å². The van der Waals surface area contributed by atoms with Gasteiger partial charge in [0.1, 0.15) is 21.4 Å². The van der Waals surface area contributed by atoms with Gasteiger partial charge in [0, 0.05) is 17.6 Å². The number of thiazole rings is 1. The Bertz CT molecular complexity index is 703. The summed E-state index contributed by atoms with van der Waals surface area (Å²) < 4.78 is 33.3. The monoisotopic (exact) mass is 329 g/mol. The van der Waals surface area contributed by atoms with Crippen LogP contribution in [-0.4, -0.2) is 20.4 Å². The van der Waals surface area contributed by atoms with Crippen molar-refractivity contribution in [3.63, 3.8) is 0 Å². The molecule has 2 aromatic rings. The summed E-state index contributed by atoms with van der Waals surface area (Å²) in [5, 5.41) is 5.46. The Labute approximate surface area is 128 Å². The zero-order chi connectivity index (χ0) is 15.7. The molecular formula is C13H19N3O3S2. The molecule has 0 fully saturated rings. The number of furan rings is 1. The van der Waals surface area contributed by atoms with Crippen molar-refractivity contribution >= 4 is 21.4 Å². The Morgan fingerprint density at radius 2 is 2.14 bits per heavy atom. The van der Waals surface area contributed by atoms with Gasteiger partial charge in [-0.25, -0.2) is 13.4 Å². The van der Waals surface area contributed by atoms with Crippen LogP contribution in [0.3, 0.4) is 0 Å². The molecule has 0 aromatic carbocycles. The Hall–Kier alpha value is -1.22.